The first-order chi connectivity index (χ1) is 33.1. The molecule has 0 radical (unpaired) electrons. The van der Waals surface area contributed by atoms with Crippen molar-refractivity contribution in [3.63, 3.8) is 0 Å². The Labute approximate surface area is 390 Å². The van der Waals surface area contributed by atoms with Gasteiger partial charge in [-0.25, -0.2) is 0 Å². The minimum Gasteiger partial charge on any atom is -0.310 e. The number of hydrogen-bond acceptors (Lipinski definition) is 2. The summed E-state index contributed by atoms with van der Waals surface area (Å²) in [6.45, 7) is 9.16. The monoisotopic (exact) mass is 853 g/mol. The average Bonchev–Trinajstić information content (AvgIpc) is 3.98. The lowest BCUT2D eigenvalue weighted by atomic mass is 10.0. The number of hydrogen-bond donors (Lipinski definition) is 0. The molecule has 0 aliphatic heterocycles. The number of para-hydroxylation sites is 2. The maximum Gasteiger partial charge on any atom is 0.0542 e. The molecule has 0 saturated carbocycles. The summed E-state index contributed by atoms with van der Waals surface area (Å²) in [6.07, 6.45) is 0. The lowest BCUT2D eigenvalue weighted by Gasteiger charge is -2.26. The van der Waals surface area contributed by atoms with E-state index in [4.69, 9.17) is 0 Å². The maximum atomic E-state index is 4.58. The molecule has 0 bridgehead atoms. The number of aromatic nitrogens is 1. The Morgan fingerprint density at radius 3 is 1.09 bits per heavy atom. The van der Waals surface area contributed by atoms with Crippen LogP contribution in [0.4, 0.5) is 34.1 Å². The van der Waals surface area contributed by atoms with Crippen molar-refractivity contribution in [1.29, 1.82) is 0 Å². The van der Waals surface area contributed by atoms with E-state index in [1.54, 1.807) is 0 Å². The van der Waals surface area contributed by atoms with Gasteiger partial charge in [0.05, 0.1) is 11.0 Å². The van der Waals surface area contributed by atoms with Gasteiger partial charge in [0, 0.05) is 50.6 Å². The smallest absolute Gasteiger partial charge is 0.0542 e. The average molecular weight is 854 g/mol. The summed E-state index contributed by atoms with van der Waals surface area (Å²) in [5, 5.41) is 2.32. The molecule has 0 fully saturated rings. The van der Waals surface area contributed by atoms with Gasteiger partial charge in [-0.3, -0.25) is 0 Å². The third kappa shape index (κ3) is 6.20. The number of fused-ring (bicyclic) bond motifs is 9. The van der Waals surface area contributed by atoms with Crippen LogP contribution in [0.25, 0.3) is 72.0 Å². The second-order valence-electron chi connectivity index (χ2n) is 17.5. The van der Waals surface area contributed by atoms with Gasteiger partial charge in [0.15, 0.2) is 0 Å². The van der Waals surface area contributed by atoms with E-state index in [9.17, 15) is 0 Å². The molecule has 2 aliphatic rings. The second-order valence-corrected chi connectivity index (χ2v) is 17.5. The van der Waals surface area contributed by atoms with Crippen molar-refractivity contribution >= 4 is 67.1 Å². The number of rotatable bonds is 8. The quantitative estimate of drug-likeness (QED) is 0.151. The Hall–Kier alpha value is -8.92. The van der Waals surface area contributed by atoms with Gasteiger partial charge in [-0.05, 0) is 164 Å². The third-order valence-electron chi connectivity index (χ3n) is 13.8. The molecular formula is C64H43N3. The SMILES string of the molecule is C=C1c2ccccc2-c2ccc(N(c3ccccc3)c3ccc4c(c3)c3cc(N(c5ccccc5)c5ccc6c(c5)C(=C)c5ccccc5-6)ccc3n4-c3ccc(-c4ccccc4)cc3)cc21. The van der Waals surface area contributed by atoms with E-state index in [1.807, 2.05) is 0 Å². The Morgan fingerprint density at radius 2 is 0.627 bits per heavy atom. The first-order valence-electron chi connectivity index (χ1n) is 22.9. The highest BCUT2D eigenvalue weighted by Crippen LogP contribution is 2.49. The van der Waals surface area contributed by atoms with Crippen molar-refractivity contribution in [3.8, 4) is 39.1 Å². The summed E-state index contributed by atoms with van der Waals surface area (Å²) >= 11 is 0. The van der Waals surface area contributed by atoms with Crippen LogP contribution >= 0.6 is 0 Å². The summed E-state index contributed by atoms with van der Waals surface area (Å²) in [6, 6.07) is 85.7. The third-order valence-corrected chi connectivity index (χ3v) is 13.8. The molecule has 1 heterocycles. The van der Waals surface area contributed by atoms with Crippen LogP contribution in [-0.2, 0) is 0 Å². The van der Waals surface area contributed by atoms with E-state index >= 15 is 0 Å². The second kappa shape index (κ2) is 15.4. The van der Waals surface area contributed by atoms with Crippen molar-refractivity contribution < 1.29 is 0 Å². The Kier molecular flexibility index (Phi) is 8.84. The van der Waals surface area contributed by atoms with Gasteiger partial charge in [-0.1, -0.05) is 153 Å². The molecule has 67 heavy (non-hydrogen) atoms. The lowest BCUT2D eigenvalue weighted by Crippen LogP contribution is -2.10. The van der Waals surface area contributed by atoms with E-state index in [-0.39, 0.29) is 0 Å². The number of nitrogens with zero attached hydrogens (tertiary/aromatic N) is 3. The van der Waals surface area contributed by atoms with Gasteiger partial charge in [-0.2, -0.15) is 0 Å². The van der Waals surface area contributed by atoms with Crippen LogP contribution in [0.15, 0.2) is 250 Å². The van der Waals surface area contributed by atoms with Crippen LogP contribution in [0.2, 0.25) is 0 Å². The fraction of sp³-hybridized carbons (Fsp3) is 0. The molecule has 11 aromatic rings. The standard InChI is InChI=1S/C64H43N3/c1-42-53-22-12-14-24-55(53)57-34-30-49(38-59(42)57)65(46-18-8-4-9-19-46)51-32-36-63-61(40-51)62-41-52(33-37-64(62)67(63)48-28-26-45(27-29-48)44-16-6-3-7-17-44)66(47-20-10-5-11-21-47)50-31-35-58-56-25-15-13-23-54(56)43(2)60(58)39-50/h3-41H,1-2H2. The summed E-state index contributed by atoms with van der Waals surface area (Å²) < 4.78 is 2.42. The van der Waals surface area contributed by atoms with Gasteiger partial charge >= 0.3 is 0 Å². The predicted octanol–water partition coefficient (Wildman–Crippen LogP) is 17.5. The topological polar surface area (TPSA) is 11.4 Å². The highest BCUT2D eigenvalue weighted by atomic mass is 15.2. The normalized spacial score (nSPS) is 12.2. The molecule has 0 spiro atoms. The van der Waals surface area contributed by atoms with Crippen LogP contribution in [0.5, 0.6) is 0 Å². The molecule has 10 aromatic carbocycles. The molecule has 0 saturated heterocycles. The summed E-state index contributed by atoms with van der Waals surface area (Å²) in [5.41, 5.74) is 24.0. The molecule has 13 rings (SSSR count). The summed E-state index contributed by atoms with van der Waals surface area (Å²) in [7, 11) is 0. The number of anilines is 6. The molecule has 314 valence electrons. The molecule has 0 atom stereocenters. The zero-order valence-corrected chi connectivity index (χ0v) is 36.8. The highest BCUT2D eigenvalue weighted by molar-refractivity contribution is 6.12. The largest absolute Gasteiger partial charge is 0.310 e. The van der Waals surface area contributed by atoms with Gasteiger partial charge < -0.3 is 14.4 Å². The zero-order chi connectivity index (χ0) is 44.6. The highest BCUT2D eigenvalue weighted by Gasteiger charge is 2.26. The van der Waals surface area contributed by atoms with Crippen LogP contribution in [-0.4, -0.2) is 4.57 Å². The Balaban J connectivity index is 1.01. The van der Waals surface area contributed by atoms with Gasteiger partial charge in [0.2, 0.25) is 0 Å². The van der Waals surface area contributed by atoms with Crippen LogP contribution in [0, 0.1) is 0 Å². The fourth-order valence-electron chi connectivity index (χ4n) is 10.6. The molecule has 0 amide bonds. The summed E-state index contributed by atoms with van der Waals surface area (Å²) in [4.78, 5) is 4.76. The van der Waals surface area contributed by atoms with Crippen molar-refractivity contribution in [3.05, 3.63) is 272 Å². The molecule has 0 unspecified atom stereocenters. The minimum atomic E-state index is 1.06. The van der Waals surface area contributed by atoms with Crippen molar-refractivity contribution in [2.45, 2.75) is 0 Å². The van der Waals surface area contributed by atoms with E-state index in [0.29, 0.717) is 0 Å². The molecule has 3 nitrogen and oxygen atoms in total. The Morgan fingerprint density at radius 1 is 0.269 bits per heavy atom. The van der Waals surface area contributed by atoms with Gasteiger partial charge in [-0.15, -0.1) is 0 Å². The summed E-state index contributed by atoms with van der Waals surface area (Å²) in [5.74, 6) is 0. The van der Waals surface area contributed by atoms with Crippen LogP contribution in [0.3, 0.4) is 0 Å². The van der Waals surface area contributed by atoms with Crippen molar-refractivity contribution in [2.75, 3.05) is 9.80 Å². The maximum absolute atomic E-state index is 4.58. The van der Waals surface area contributed by atoms with Crippen LogP contribution < -0.4 is 9.80 Å². The zero-order valence-electron chi connectivity index (χ0n) is 36.8. The first-order valence-corrected chi connectivity index (χ1v) is 22.9. The molecule has 3 heteroatoms. The van der Waals surface area contributed by atoms with E-state index in [0.717, 1.165) is 72.8 Å². The van der Waals surface area contributed by atoms with Gasteiger partial charge in [0.1, 0.15) is 0 Å². The van der Waals surface area contributed by atoms with Gasteiger partial charge in [0.25, 0.3) is 0 Å². The van der Waals surface area contributed by atoms with Crippen LogP contribution in [0.1, 0.15) is 22.3 Å². The molecular weight excluding hydrogens is 811 g/mol. The van der Waals surface area contributed by atoms with E-state index in [2.05, 4.69) is 264 Å². The molecule has 2 aliphatic carbocycles. The predicted molar refractivity (Wildman–Crippen MR) is 283 cm³/mol. The molecule has 0 N–H and O–H groups in total. The van der Waals surface area contributed by atoms with E-state index in [1.165, 1.54) is 55.6 Å². The molecule has 1 aromatic heterocycles. The number of benzene rings is 10. The Bertz CT molecular complexity index is 3560. The van der Waals surface area contributed by atoms with Crippen molar-refractivity contribution in [2.24, 2.45) is 0 Å². The van der Waals surface area contributed by atoms with E-state index < -0.39 is 0 Å². The fourth-order valence-corrected chi connectivity index (χ4v) is 10.6. The minimum absolute atomic E-state index is 1.06. The lowest BCUT2D eigenvalue weighted by molar-refractivity contribution is 1.18. The first kappa shape index (κ1) is 38.5. The van der Waals surface area contributed by atoms with Crippen molar-refractivity contribution in [1.82, 2.24) is 4.57 Å².